The van der Waals surface area contributed by atoms with Gasteiger partial charge in [0.1, 0.15) is 0 Å². The Balaban J connectivity index is 1.98. The van der Waals surface area contributed by atoms with Gasteiger partial charge in [-0.05, 0) is 11.6 Å². The topological polar surface area (TPSA) is 71.9 Å². The average molecular weight is 204 g/mol. The molecule has 0 spiro atoms. The summed E-state index contributed by atoms with van der Waals surface area (Å²) in [4.78, 5) is 16.1. The quantitative estimate of drug-likeness (QED) is 0.770. The second-order valence-electron chi connectivity index (χ2n) is 3.50. The average Bonchev–Trinajstić information content (AvgIpc) is 2.83. The number of aromatic nitrogens is 1. The highest BCUT2D eigenvalue weighted by Gasteiger charge is 2.29. The fraction of sp³-hybridized carbons (Fsp3) is 0.400. The lowest BCUT2D eigenvalue weighted by atomic mass is 10.1. The summed E-state index contributed by atoms with van der Waals surface area (Å²) in [5, 5.41) is 11.3. The number of urea groups is 1. The summed E-state index contributed by atoms with van der Waals surface area (Å²) in [7, 11) is 0. The molecule has 1 unspecified atom stereocenters. The van der Waals surface area contributed by atoms with Gasteiger partial charge in [-0.1, -0.05) is 0 Å². The summed E-state index contributed by atoms with van der Waals surface area (Å²) in [6, 6.07) is 3.94. The van der Waals surface area contributed by atoms with Gasteiger partial charge in [0.15, 0.2) is 0 Å². The first-order valence-corrected chi connectivity index (χ1v) is 4.86. The molecule has 1 fully saturated rings. The van der Waals surface area contributed by atoms with E-state index in [0.29, 0.717) is 19.5 Å². The summed E-state index contributed by atoms with van der Waals surface area (Å²) >= 11 is 0. The van der Waals surface area contributed by atoms with Crippen molar-refractivity contribution in [3.05, 3.63) is 24.0 Å². The Morgan fingerprint density at radius 3 is 3.20 bits per heavy atom. The summed E-state index contributed by atoms with van der Waals surface area (Å²) in [5.41, 5.74) is 1.07. The van der Waals surface area contributed by atoms with E-state index in [1.165, 1.54) is 0 Å². The zero-order valence-corrected chi connectivity index (χ0v) is 8.23. The van der Waals surface area contributed by atoms with Crippen LogP contribution in [0.3, 0.4) is 0 Å². The maximum atomic E-state index is 11.5. The third kappa shape index (κ3) is 1.94. The van der Waals surface area contributed by atoms with Gasteiger partial charge in [-0.3, -0.25) is 0 Å². The molecule has 2 rings (SSSR count). The van der Waals surface area contributed by atoms with E-state index in [4.69, 9.17) is 5.26 Å². The number of carbonyl (C=O) groups excluding carboxylic acids is 1. The van der Waals surface area contributed by atoms with E-state index in [1.54, 1.807) is 4.90 Å². The second-order valence-corrected chi connectivity index (χ2v) is 3.50. The number of nitrogens with zero attached hydrogens (tertiary/aromatic N) is 2. The van der Waals surface area contributed by atoms with Crippen LogP contribution in [0.5, 0.6) is 0 Å². The molecule has 15 heavy (non-hydrogen) atoms. The zero-order chi connectivity index (χ0) is 10.7. The van der Waals surface area contributed by atoms with Crippen molar-refractivity contribution in [3.8, 4) is 6.07 Å². The molecular formula is C10H12N4O. The third-order valence-electron chi connectivity index (χ3n) is 2.51. The van der Waals surface area contributed by atoms with Gasteiger partial charge in [-0.15, -0.1) is 0 Å². The van der Waals surface area contributed by atoms with Crippen LogP contribution in [0, 0.1) is 11.3 Å². The van der Waals surface area contributed by atoms with E-state index in [2.05, 4.69) is 10.3 Å². The number of rotatable bonds is 3. The monoisotopic (exact) mass is 204 g/mol. The number of amides is 2. The molecule has 78 valence electrons. The lowest BCUT2D eigenvalue weighted by Gasteiger charge is -2.11. The molecule has 2 heterocycles. The molecule has 0 aliphatic carbocycles. The zero-order valence-electron chi connectivity index (χ0n) is 8.23. The Morgan fingerprint density at radius 1 is 1.67 bits per heavy atom. The van der Waals surface area contributed by atoms with Crippen molar-refractivity contribution < 1.29 is 4.79 Å². The van der Waals surface area contributed by atoms with Crippen LogP contribution in [0.25, 0.3) is 0 Å². The van der Waals surface area contributed by atoms with E-state index < -0.39 is 0 Å². The van der Waals surface area contributed by atoms with E-state index in [-0.39, 0.29) is 12.1 Å². The molecule has 1 atom stereocenters. The normalized spacial score (nSPS) is 20.1. The number of carbonyl (C=O) groups is 1. The first kappa shape index (κ1) is 9.59. The number of nitrogens with one attached hydrogen (secondary N) is 2. The Bertz CT molecular complexity index is 379. The maximum Gasteiger partial charge on any atom is 0.318 e. The molecule has 1 aromatic heterocycles. The van der Waals surface area contributed by atoms with Crippen molar-refractivity contribution in [1.29, 1.82) is 5.26 Å². The molecule has 0 radical (unpaired) electrons. The van der Waals surface area contributed by atoms with Gasteiger partial charge in [0.2, 0.25) is 0 Å². The molecule has 5 nitrogen and oxygen atoms in total. The fourth-order valence-corrected chi connectivity index (χ4v) is 1.71. The Kier molecular flexibility index (Phi) is 2.59. The van der Waals surface area contributed by atoms with Gasteiger partial charge in [0.25, 0.3) is 0 Å². The lowest BCUT2D eigenvalue weighted by Crippen LogP contribution is -2.28. The number of H-pyrrole nitrogens is 1. The van der Waals surface area contributed by atoms with Crippen molar-refractivity contribution in [2.24, 2.45) is 0 Å². The van der Waals surface area contributed by atoms with Gasteiger partial charge in [0.05, 0.1) is 18.5 Å². The molecule has 1 aliphatic rings. The van der Waals surface area contributed by atoms with Gasteiger partial charge in [-0.25, -0.2) is 4.79 Å². The van der Waals surface area contributed by atoms with Crippen molar-refractivity contribution in [2.75, 3.05) is 13.1 Å². The highest BCUT2D eigenvalue weighted by Crippen LogP contribution is 2.19. The summed E-state index contributed by atoms with van der Waals surface area (Å²) in [6.07, 6.45) is 4.09. The van der Waals surface area contributed by atoms with E-state index in [1.807, 2.05) is 24.5 Å². The largest absolute Gasteiger partial charge is 0.367 e. The summed E-state index contributed by atoms with van der Waals surface area (Å²) in [6.45, 7) is 1.14. The highest BCUT2D eigenvalue weighted by molar-refractivity contribution is 5.77. The predicted octanol–water partition coefficient (Wildman–Crippen LogP) is 0.995. The minimum absolute atomic E-state index is 0.0439. The Hall–Kier alpha value is -1.96. The number of nitriles is 1. The van der Waals surface area contributed by atoms with E-state index >= 15 is 0 Å². The van der Waals surface area contributed by atoms with Gasteiger partial charge >= 0.3 is 6.03 Å². The van der Waals surface area contributed by atoms with Gasteiger partial charge in [0, 0.05) is 25.5 Å². The molecule has 0 aromatic carbocycles. The van der Waals surface area contributed by atoms with Crippen molar-refractivity contribution in [2.45, 2.75) is 12.5 Å². The highest BCUT2D eigenvalue weighted by atomic mass is 16.2. The minimum atomic E-state index is -0.0866. The molecule has 0 bridgehead atoms. The minimum Gasteiger partial charge on any atom is -0.367 e. The first-order valence-electron chi connectivity index (χ1n) is 4.86. The van der Waals surface area contributed by atoms with Crippen LogP contribution in [0.15, 0.2) is 18.5 Å². The Morgan fingerprint density at radius 2 is 2.53 bits per heavy atom. The molecule has 1 aliphatic heterocycles. The van der Waals surface area contributed by atoms with Crippen LogP contribution in [-0.2, 0) is 0 Å². The van der Waals surface area contributed by atoms with Crippen LogP contribution in [0.4, 0.5) is 4.79 Å². The van der Waals surface area contributed by atoms with Crippen molar-refractivity contribution >= 4 is 6.03 Å². The molecule has 1 aromatic rings. The number of hydrogen-bond acceptors (Lipinski definition) is 2. The SMILES string of the molecule is N#CCCN1CC(c2cc[nH]c2)NC1=O. The Labute approximate surface area is 87.7 Å². The van der Waals surface area contributed by atoms with Crippen LogP contribution >= 0.6 is 0 Å². The molecule has 2 N–H and O–H groups in total. The molecule has 2 amide bonds. The van der Waals surface area contributed by atoms with E-state index in [9.17, 15) is 4.79 Å². The van der Waals surface area contributed by atoms with Gasteiger partial charge < -0.3 is 15.2 Å². The van der Waals surface area contributed by atoms with E-state index in [0.717, 1.165) is 5.56 Å². The van der Waals surface area contributed by atoms with Crippen LogP contribution < -0.4 is 5.32 Å². The lowest BCUT2D eigenvalue weighted by molar-refractivity contribution is 0.218. The third-order valence-corrected chi connectivity index (χ3v) is 2.51. The van der Waals surface area contributed by atoms with Crippen LogP contribution in [0.1, 0.15) is 18.0 Å². The smallest absolute Gasteiger partial charge is 0.318 e. The molecule has 5 heteroatoms. The number of aromatic amines is 1. The van der Waals surface area contributed by atoms with Gasteiger partial charge in [-0.2, -0.15) is 5.26 Å². The van der Waals surface area contributed by atoms with Crippen molar-refractivity contribution in [3.63, 3.8) is 0 Å². The maximum absolute atomic E-state index is 11.5. The predicted molar refractivity (Wildman–Crippen MR) is 53.9 cm³/mol. The van der Waals surface area contributed by atoms with Crippen LogP contribution in [0.2, 0.25) is 0 Å². The molecular weight excluding hydrogens is 192 g/mol. The first-order chi connectivity index (χ1) is 7.31. The standard InChI is InChI=1S/C10H12N4O/c11-3-1-5-14-7-9(13-10(14)15)8-2-4-12-6-8/h2,4,6,9,12H,1,5,7H2,(H,13,15). The van der Waals surface area contributed by atoms with Crippen LogP contribution in [-0.4, -0.2) is 29.0 Å². The molecule has 0 saturated carbocycles. The summed E-state index contributed by atoms with van der Waals surface area (Å²) in [5.74, 6) is 0. The second kappa shape index (κ2) is 4.05. The number of hydrogen-bond donors (Lipinski definition) is 2. The molecule has 1 saturated heterocycles. The van der Waals surface area contributed by atoms with Crippen molar-refractivity contribution in [1.82, 2.24) is 15.2 Å². The summed E-state index contributed by atoms with van der Waals surface area (Å²) < 4.78 is 0. The fourth-order valence-electron chi connectivity index (χ4n) is 1.71.